The largest absolute Gasteiger partial charge is 0.487 e. The minimum Gasteiger partial charge on any atom is -0.487 e. The molecule has 2 aromatic carbocycles. The molecule has 0 aliphatic rings. The Morgan fingerprint density at radius 3 is 2.43 bits per heavy atom. The van der Waals surface area contributed by atoms with E-state index in [-0.39, 0.29) is 28.6 Å². The highest BCUT2D eigenvalue weighted by Crippen LogP contribution is 2.34. The fourth-order valence-electron chi connectivity index (χ4n) is 1.68. The molecule has 0 radical (unpaired) electrons. The molecule has 112 valence electrons. The van der Waals surface area contributed by atoms with Gasteiger partial charge in [0, 0.05) is 5.56 Å². The van der Waals surface area contributed by atoms with Gasteiger partial charge in [0.2, 0.25) is 0 Å². The number of hydrogen-bond acceptors (Lipinski definition) is 2. The highest BCUT2D eigenvalue weighted by atomic mass is 35.5. The summed E-state index contributed by atoms with van der Waals surface area (Å²) in [6.07, 6.45) is -4.48. The third-order valence-corrected chi connectivity index (χ3v) is 3.12. The predicted molar refractivity (Wildman–Crippen MR) is 71.6 cm³/mol. The number of anilines is 1. The second kappa shape index (κ2) is 5.81. The van der Waals surface area contributed by atoms with E-state index in [0.29, 0.717) is 0 Å². The Labute approximate surface area is 123 Å². The van der Waals surface area contributed by atoms with Crippen LogP contribution in [0.15, 0.2) is 36.4 Å². The van der Waals surface area contributed by atoms with Gasteiger partial charge in [0.15, 0.2) is 0 Å². The molecular formula is C14H10ClF4NO. The van der Waals surface area contributed by atoms with Gasteiger partial charge in [0.1, 0.15) is 18.2 Å². The van der Waals surface area contributed by atoms with Crippen molar-refractivity contribution in [2.45, 2.75) is 12.8 Å². The van der Waals surface area contributed by atoms with Crippen molar-refractivity contribution in [1.82, 2.24) is 0 Å². The average Bonchev–Trinajstić information content (AvgIpc) is 2.38. The highest BCUT2D eigenvalue weighted by Gasteiger charge is 2.30. The van der Waals surface area contributed by atoms with E-state index in [2.05, 4.69) is 0 Å². The second-order valence-corrected chi connectivity index (χ2v) is 4.65. The van der Waals surface area contributed by atoms with Crippen LogP contribution in [0.25, 0.3) is 0 Å². The minimum absolute atomic E-state index is 0.0299. The molecule has 0 aromatic heterocycles. The number of nitrogens with two attached hydrogens (primary N) is 1. The molecular weight excluding hydrogens is 310 g/mol. The Morgan fingerprint density at radius 1 is 1.14 bits per heavy atom. The van der Waals surface area contributed by atoms with Gasteiger partial charge in [0.05, 0.1) is 16.3 Å². The smallest absolute Gasteiger partial charge is 0.416 e. The van der Waals surface area contributed by atoms with Crippen LogP contribution >= 0.6 is 11.6 Å². The van der Waals surface area contributed by atoms with Crippen LogP contribution in [-0.2, 0) is 12.8 Å². The normalized spacial score (nSPS) is 11.5. The van der Waals surface area contributed by atoms with Gasteiger partial charge in [-0.05, 0) is 30.3 Å². The highest BCUT2D eigenvalue weighted by molar-refractivity contribution is 6.31. The lowest BCUT2D eigenvalue weighted by Crippen LogP contribution is -2.07. The molecule has 2 N–H and O–H groups in total. The number of hydrogen-bond donors (Lipinski definition) is 1. The lowest BCUT2D eigenvalue weighted by molar-refractivity contribution is -0.137. The lowest BCUT2D eigenvalue weighted by Gasteiger charge is -2.13. The van der Waals surface area contributed by atoms with Crippen molar-refractivity contribution in [2.75, 3.05) is 5.73 Å². The van der Waals surface area contributed by atoms with Gasteiger partial charge < -0.3 is 10.5 Å². The van der Waals surface area contributed by atoms with Crippen molar-refractivity contribution in [3.05, 3.63) is 58.4 Å². The number of alkyl halides is 3. The van der Waals surface area contributed by atoms with Gasteiger partial charge in [0.25, 0.3) is 0 Å². The van der Waals surface area contributed by atoms with Crippen LogP contribution in [-0.4, -0.2) is 0 Å². The molecule has 0 atom stereocenters. The zero-order chi connectivity index (χ0) is 15.6. The van der Waals surface area contributed by atoms with Crippen molar-refractivity contribution in [2.24, 2.45) is 0 Å². The Kier molecular flexibility index (Phi) is 4.27. The molecule has 2 aromatic rings. The zero-order valence-electron chi connectivity index (χ0n) is 10.5. The van der Waals surface area contributed by atoms with Gasteiger partial charge in [-0.1, -0.05) is 17.7 Å². The number of benzene rings is 2. The van der Waals surface area contributed by atoms with E-state index >= 15 is 0 Å². The topological polar surface area (TPSA) is 35.2 Å². The van der Waals surface area contributed by atoms with E-state index < -0.39 is 17.6 Å². The van der Waals surface area contributed by atoms with Crippen LogP contribution in [0.1, 0.15) is 11.1 Å². The second-order valence-electron chi connectivity index (χ2n) is 4.24. The van der Waals surface area contributed by atoms with E-state index in [1.807, 2.05) is 0 Å². The summed E-state index contributed by atoms with van der Waals surface area (Å²) < 4.78 is 56.2. The summed E-state index contributed by atoms with van der Waals surface area (Å²) in [5, 5.41) is 0.167. The lowest BCUT2D eigenvalue weighted by atomic mass is 10.2. The molecule has 0 spiro atoms. The first kappa shape index (κ1) is 15.4. The number of rotatable bonds is 3. The molecule has 0 aliphatic heterocycles. The summed E-state index contributed by atoms with van der Waals surface area (Å²) in [5.41, 5.74) is 4.55. The first-order valence-corrected chi connectivity index (χ1v) is 6.19. The van der Waals surface area contributed by atoms with Crippen LogP contribution in [0.3, 0.4) is 0 Å². The average molecular weight is 320 g/mol. The van der Waals surface area contributed by atoms with Crippen molar-refractivity contribution in [3.8, 4) is 5.75 Å². The molecule has 0 fully saturated rings. The third-order valence-electron chi connectivity index (χ3n) is 2.77. The zero-order valence-corrected chi connectivity index (χ0v) is 11.3. The van der Waals surface area contributed by atoms with Gasteiger partial charge in [-0.3, -0.25) is 0 Å². The summed E-state index contributed by atoms with van der Waals surface area (Å²) in [7, 11) is 0. The Balaban J connectivity index is 2.18. The van der Waals surface area contributed by atoms with Crippen molar-refractivity contribution >= 4 is 17.3 Å². The summed E-state index contributed by atoms with van der Waals surface area (Å²) in [4.78, 5) is 0. The number of ether oxygens (including phenoxy) is 1. The van der Waals surface area contributed by atoms with Crippen LogP contribution in [0, 0.1) is 5.82 Å². The quantitative estimate of drug-likeness (QED) is 0.659. The summed E-state index contributed by atoms with van der Waals surface area (Å²) in [5.74, 6) is -0.532. The molecule has 0 saturated heterocycles. The molecule has 0 amide bonds. The van der Waals surface area contributed by atoms with E-state index in [1.54, 1.807) is 0 Å². The summed E-state index contributed by atoms with van der Waals surface area (Å²) in [6.45, 7) is -0.235. The molecule has 0 unspecified atom stereocenters. The number of halogens is 5. The van der Waals surface area contributed by atoms with E-state index in [0.717, 1.165) is 18.2 Å². The predicted octanol–water partition coefficient (Wildman–Crippen LogP) is 4.66. The number of nitrogen functional groups attached to an aromatic ring is 1. The Bertz CT molecular complexity index is 638. The standard InChI is InChI=1S/C14H10ClF4NO/c15-10-2-1-3-11(16)9(10)7-21-13-5-4-8(6-12(13)20)14(17,18)19/h1-6H,7,20H2. The SMILES string of the molecule is Nc1cc(C(F)(F)F)ccc1OCc1c(F)cccc1Cl. The molecule has 0 heterocycles. The molecule has 0 aliphatic carbocycles. The summed E-state index contributed by atoms with van der Waals surface area (Å²) in [6, 6.07) is 6.83. The maximum absolute atomic E-state index is 13.5. The Hall–Kier alpha value is -1.95. The van der Waals surface area contributed by atoms with Crippen LogP contribution in [0.5, 0.6) is 5.75 Å². The molecule has 7 heteroatoms. The van der Waals surface area contributed by atoms with Gasteiger partial charge in [-0.15, -0.1) is 0 Å². The van der Waals surface area contributed by atoms with Crippen LogP contribution in [0.2, 0.25) is 5.02 Å². The Morgan fingerprint density at radius 2 is 1.86 bits per heavy atom. The van der Waals surface area contributed by atoms with E-state index in [1.165, 1.54) is 18.2 Å². The van der Waals surface area contributed by atoms with Crippen LogP contribution in [0.4, 0.5) is 23.2 Å². The minimum atomic E-state index is -4.48. The fourth-order valence-corrected chi connectivity index (χ4v) is 1.89. The summed E-state index contributed by atoms with van der Waals surface area (Å²) >= 11 is 5.82. The van der Waals surface area contributed by atoms with Gasteiger partial charge in [-0.25, -0.2) is 4.39 Å². The first-order chi connectivity index (χ1) is 9.79. The molecule has 2 nitrogen and oxygen atoms in total. The van der Waals surface area contributed by atoms with Gasteiger partial charge >= 0.3 is 6.18 Å². The van der Waals surface area contributed by atoms with Crippen molar-refractivity contribution < 1.29 is 22.3 Å². The maximum Gasteiger partial charge on any atom is 0.416 e. The maximum atomic E-state index is 13.5. The van der Waals surface area contributed by atoms with E-state index in [9.17, 15) is 17.6 Å². The molecule has 0 saturated carbocycles. The van der Waals surface area contributed by atoms with Crippen molar-refractivity contribution in [1.29, 1.82) is 0 Å². The van der Waals surface area contributed by atoms with E-state index in [4.69, 9.17) is 22.1 Å². The third kappa shape index (κ3) is 3.58. The fraction of sp³-hybridized carbons (Fsp3) is 0.143. The molecule has 2 rings (SSSR count). The van der Waals surface area contributed by atoms with Crippen LogP contribution < -0.4 is 10.5 Å². The van der Waals surface area contributed by atoms with Crippen molar-refractivity contribution in [3.63, 3.8) is 0 Å². The molecule has 0 bridgehead atoms. The first-order valence-electron chi connectivity index (χ1n) is 5.81. The monoisotopic (exact) mass is 319 g/mol. The van der Waals surface area contributed by atoms with Gasteiger partial charge in [-0.2, -0.15) is 13.2 Å². The molecule has 21 heavy (non-hydrogen) atoms.